The maximum atomic E-state index is 12.0. The largest absolute Gasteiger partial charge is 0.460 e. The highest BCUT2D eigenvalue weighted by atomic mass is 16.6. The predicted octanol–water partition coefficient (Wildman–Crippen LogP) is 2.86. The Morgan fingerprint density at radius 1 is 1.23 bits per heavy atom. The molecule has 5 nitrogen and oxygen atoms in total. The van der Waals surface area contributed by atoms with Crippen LogP contribution in [0.25, 0.3) is 0 Å². The van der Waals surface area contributed by atoms with Crippen LogP contribution in [-0.2, 0) is 19.1 Å². The van der Waals surface area contributed by atoms with Crippen LogP contribution in [-0.4, -0.2) is 35.4 Å². The second kappa shape index (κ2) is 8.93. The van der Waals surface area contributed by atoms with E-state index in [1.807, 2.05) is 20.8 Å². The van der Waals surface area contributed by atoms with Crippen LogP contribution in [0.15, 0.2) is 12.2 Å². The van der Waals surface area contributed by atoms with Crippen molar-refractivity contribution in [2.24, 2.45) is 11.8 Å². The van der Waals surface area contributed by atoms with Gasteiger partial charge >= 0.3 is 11.9 Å². The third kappa shape index (κ3) is 7.59. The Morgan fingerprint density at radius 3 is 2.18 bits per heavy atom. The lowest BCUT2D eigenvalue weighted by Crippen LogP contribution is -2.39. The van der Waals surface area contributed by atoms with E-state index in [1.165, 1.54) is 6.92 Å². The fourth-order valence-electron chi connectivity index (χ4n) is 2.05. The monoisotopic (exact) mass is 314 g/mol. The van der Waals surface area contributed by atoms with E-state index in [1.54, 1.807) is 0 Å². The summed E-state index contributed by atoms with van der Waals surface area (Å²) in [5, 5.41) is 9.76. The summed E-state index contributed by atoms with van der Waals surface area (Å²) < 4.78 is 10.4. The fraction of sp³-hybridized carbons (Fsp3) is 0.765. The molecule has 0 aromatic rings. The number of ether oxygens (including phenoxy) is 2. The van der Waals surface area contributed by atoms with Gasteiger partial charge < -0.3 is 14.6 Å². The van der Waals surface area contributed by atoms with Crippen molar-refractivity contribution >= 4 is 11.9 Å². The minimum absolute atomic E-state index is 0.164. The first kappa shape index (κ1) is 20.6. The first-order valence-corrected chi connectivity index (χ1v) is 7.70. The lowest BCUT2D eigenvalue weighted by atomic mass is 9.84. The van der Waals surface area contributed by atoms with Crippen LogP contribution in [0.5, 0.6) is 0 Å². The van der Waals surface area contributed by atoms with Gasteiger partial charge in [0.05, 0.1) is 12.5 Å². The van der Waals surface area contributed by atoms with Gasteiger partial charge in [-0.05, 0) is 32.1 Å². The van der Waals surface area contributed by atoms with Gasteiger partial charge in [-0.3, -0.25) is 4.79 Å². The number of aliphatic hydroxyl groups is 1. The molecule has 0 aliphatic carbocycles. The van der Waals surface area contributed by atoms with Crippen molar-refractivity contribution in [2.45, 2.75) is 66.1 Å². The number of carbonyl (C=O) groups excluding carboxylic acids is 2. The van der Waals surface area contributed by atoms with Gasteiger partial charge in [0.1, 0.15) is 12.2 Å². The van der Waals surface area contributed by atoms with Gasteiger partial charge in [-0.2, -0.15) is 0 Å². The zero-order chi connectivity index (χ0) is 17.5. The molecule has 128 valence electrons. The highest BCUT2D eigenvalue weighted by molar-refractivity contribution is 5.86. The Bertz CT molecular complexity index is 400. The molecule has 0 saturated carbocycles. The summed E-state index contributed by atoms with van der Waals surface area (Å²) >= 11 is 0. The Labute approximate surface area is 133 Å². The second-order valence-electron chi connectivity index (χ2n) is 6.78. The van der Waals surface area contributed by atoms with Crippen molar-refractivity contribution in [3.63, 3.8) is 0 Å². The molecule has 0 aliphatic rings. The molecule has 0 spiro atoms. The summed E-state index contributed by atoms with van der Waals surface area (Å²) in [6.45, 7) is 14.8. The van der Waals surface area contributed by atoms with Gasteiger partial charge in [0.15, 0.2) is 0 Å². The molecule has 0 fully saturated rings. The number of esters is 2. The summed E-state index contributed by atoms with van der Waals surface area (Å²) in [7, 11) is 0. The Kier molecular flexibility index (Phi) is 8.38. The van der Waals surface area contributed by atoms with E-state index in [0.29, 0.717) is 5.92 Å². The quantitative estimate of drug-likeness (QED) is 0.523. The average Bonchev–Trinajstić information content (AvgIpc) is 2.33. The van der Waals surface area contributed by atoms with Gasteiger partial charge in [0, 0.05) is 5.57 Å². The van der Waals surface area contributed by atoms with E-state index in [-0.39, 0.29) is 24.5 Å². The summed E-state index contributed by atoms with van der Waals surface area (Å²) in [6, 6.07) is 0. The summed E-state index contributed by atoms with van der Waals surface area (Å²) in [5.41, 5.74) is -0.321. The number of rotatable bonds is 9. The van der Waals surface area contributed by atoms with E-state index in [2.05, 4.69) is 20.4 Å². The number of aliphatic hydroxyl groups excluding tert-OH is 1. The Balaban J connectivity index is 4.46. The molecule has 0 aliphatic heterocycles. The van der Waals surface area contributed by atoms with Crippen LogP contribution in [0.3, 0.4) is 0 Å². The molecule has 0 aromatic heterocycles. The molecule has 0 aromatic carbocycles. The fourth-order valence-corrected chi connectivity index (χ4v) is 2.05. The molecule has 0 saturated heterocycles. The van der Waals surface area contributed by atoms with Crippen LogP contribution < -0.4 is 0 Å². The van der Waals surface area contributed by atoms with E-state index >= 15 is 0 Å². The average molecular weight is 314 g/mol. The molecule has 0 amide bonds. The SMILES string of the molecule is C=C(C)C(=O)OCC(O)CC(=O)OC(C)(CC(C)C)C(C)C. The molecular weight excluding hydrogens is 284 g/mol. The molecule has 0 rings (SSSR count). The van der Waals surface area contributed by atoms with E-state index in [4.69, 9.17) is 9.47 Å². The molecule has 2 atom stereocenters. The third-order valence-electron chi connectivity index (χ3n) is 3.54. The van der Waals surface area contributed by atoms with Gasteiger partial charge in [-0.1, -0.05) is 34.3 Å². The molecule has 0 radical (unpaired) electrons. The molecule has 22 heavy (non-hydrogen) atoms. The van der Waals surface area contributed by atoms with Crippen LogP contribution in [0.4, 0.5) is 0 Å². The van der Waals surface area contributed by atoms with Gasteiger partial charge in [0.25, 0.3) is 0 Å². The zero-order valence-electron chi connectivity index (χ0n) is 14.6. The number of carbonyl (C=O) groups is 2. The molecular formula is C17H30O5. The predicted molar refractivity (Wildman–Crippen MR) is 85.2 cm³/mol. The smallest absolute Gasteiger partial charge is 0.333 e. The van der Waals surface area contributed by atoms with Crippen LogP contribution >= 0.6 is 0 Å². The van der Waals surface area contributed by atoms with Gasteiger partial charge in [0.2, 0.25) is 0 Å². The second-order valence-corrected chi connectivity index (χ2v) is 6.78. The Morgan fingerprint density at radius 2 is 1.77 bits per heavy atom. The third-order valence-corrected chi connectivity index (χ3v) is 3.54. The first-order chi connectivity index (χ1) is 9.97. The number of hydrogen-bond acceptors (Lipinski definition) is 5. The molecule has 0 bridgehead atoms. The minimum atomic E-state index is -1.08. The lowest BCUT2D eigenvalue weighted by molar-refractivity contribution is -0.168. The van der Waals surface area contributed by atoms with Crippen molar-refractivity contribution < 1.29 is 24.2 Å². The lowest BCUT2D eigenvalue weighted by Gasteiger charge is -2.35. The van der Waals surface area contributed by atoms with Crippen molar-refractivity contribution in [1.82, 2.24) is 0 Å². The topological polar surface area (TPSA) is 72.8 Å². The van der Waals surface area contributed by atoms with Crippen molar-refractivity contribution in [3.05, 3.63) is 12.2 Å². The van der Waals surface area contributed by atoms with E-state index in [9.17, 15) is 14.7 Å². The molecule has 2 unspecified atom stereocenters. The molecule has 0 heterocycles. The highest BCUT2D eigenvalue weighted by Crippen LogP contribution is 2.29. The standard InChI is InChI=1S/C17H30O5/c1-11(2)9-17(7,13(5)6)22-15(19)8-14(18)10-21-16(20)12(3)4/h11,13-14,18H,3,8-10H2,1-2,4-7H3. The Hall–Kier alpha value is -1.36. The summed E-state index contributed by atoms with van der Waals surface area (Å²) in [5.74, 6) is -0.520. The van der Waals surface area contributed by atoms with Gasteiger partial charge in [-0.25, -0.2) is 4.79 Å². The highest BCUT2D eigenvalue weighted by Gasteiger charge is 2.33. The van der Waals surface area contributed by atoms with Crippen LogP contribution in [0, 0.1) is 11.8 Å². The zero-order valence-corrected chi connectivity index (χ0v) is 14.6. The van der Waals surface area contributed by atoms with Crippen molar-refractivity contribution in [1.29, 1.82) is 0 Å². The maximum Gasteiger partial charge on any atom is 0.333 e. The normalized spacial score (nSPS) is 15.3. The number of hydrogen-bond donors (Lipinski definition) is 1. The van der Waals surface area contributed by atoms with Crippen molar-refractivity contribution in [3.8, 4) is 0 Å². The van der Waals surface area contributed by atoms with E-state index < -0.39 is 23.6 Å². The van der Waals surface area contributed by atoms with Gasteiger partial charge in [-0.15, -0.1) is 0 Å². The first-order valence-electron chi connectivity index (χ1n) is 7.70. The summed E-state index contributed by atoms with van der Waals surface area (Å²) in [6.07, 6.45) is -0.535. The van der Waals surface area contributed by atoms with Crippen LogP contribution in [0.1, 0.15) is 54.4 Å². The molecule has 5 heteroatoms. The van der Waals surface area contributed by atoms with Crippen molar-refractivity contribution in [2.75, 3.05) is 6.61 Å². The maximum absolute atomic E-state index is 12.0. The minimum Gasteiger partial charge on any atom is -0.460 e. The van der Waals surface area contributed by atoms with Crippen LogP contribution in [0.2, 0.25) is 0 Å². The summed E-state index contributed by atoms with van der Waals surface area (Å²) in [4.78, 5) is 23.2. The molecule has 1 N–H and O–H groups in total. The van der Waals surface area contributed by atoms with E-state index in [0.717, 1.165) is 6.42 Å².